The first-order chi connectivity index (χ1) is 7.24. The minimum Gasteiger partial charge on any atom is -0.318 e. The third kappa shape index (κ3) is 5.11. The Morgan fingerprint density at radius 1 is 0.933 bits per heavy atom. The lowest BCUT2D eigenvalue weighted by Gasteiger charge is -2.38. The second kappa shape index (κ2) is 9.33. The molecule has 0 saturated heterocycles. The molecule has 0 saturated carbocycles. The number of rotatable bonds is 9. The summed E-state index contributed by atoms with van der Waals surface area (Å²) in [7, 11) is 1.24. The molecule has 0 amide bonds. The van der Waals surface area contributed by atoms with Crippen LogP contribution in [0.5, 0.6) is 0 Å². The largest absolute Gasteiger partial charge is 0.318 e. The van der Waals surface area contributed by atoms with E-state index < -0.39 is 0 Å². The Labute approximate surface area is 98.6 Å². The monoisotopic (exact) mass is 231 g/mol. The first kappa shape index (κ1) is 15.1. The van der Waals surface area contributed by atoms with Crippen molar-refractivity contribution in [2.24, 2.45) is 0 Å². The molecular formula is C11H29N3Si. The van der Waals surface area contributed by atoms with E-state index in [1.807, 2.05) is 0 Å². The molecule has 0 spiro atoms. The van der Waals surface area contributed by atoms with Crippen LogP contribution in [0.15, 0.2) is 0 Å². The standard InChI is InChI=1S/C11H29N3Si/c1-5-13(6-2)11(9-12-10-15)14(7-3)8-4/h11-12H,5-10H2,1-4,15H3. The van der Waals surface area contributed by atoms with Crippen molar-refractivity contribution in [2.45, 2.75) is 33.9 Å². The molecule has 0 radical (unpaired) electrons. The molecule has 0 unspecified atom stereocenters. The number of hydrogen-bond acceptors (Lipinski definition) is 3. The summed E-state index contributed by atoms with van der Waals surface area (Å²) in [5.41, 5.74) is 0. The summed E-state index contributed by atoms with van der Waals surface area (Å²) < 4.78 is 0. The van der Waals surface area contributed by atoms with E-state index in [0.29, 0.717) is 6.17 Å². The van der Waals surface area contributed by atoms with Crippen LogP contribution < -0.4 is 5.32 Å². The fourth-order valence-electron chi connectivity index (χ4n) is 2.05. The third-order valence-electron chi connectivity index (χ3n) is 3.04. The Balaban J connectivity index is 4.38. The average Bonchev–Trinajstić information content (AvgIpc) is 2.28. The lowest BCUT2D eigenvalue weighted by atomic mass is 10.3. The molecular weight excluding hydrogens is 202 g/mol. The number of nitrogens with one attached hydrogen (secondary N) is 1. The van der Waals surface area contributed by atoms with E-state index in [1.165, 1.54) is 16.4 Å². The Kier molecular flexibility index (Phi) is 9.39. The molecule has 0 bridgehead atoms. The van der Waals surface area contributed by atoms with Crippen molar-refractivity contribution in [3.63, 3.8) is 0 Å². The summed E-state index contributed by atoms with van der Waals surface area (Å²) in [6.07, 6.45) is 1.77. The fourth-order valence-corrected chi connectivity index (χ4v) is 2.34. The SMILES string of the molecule is CCN(CC)C(CNC[SiH3])N(CC)CC. The van der Waals surface area contributed by atoms with Gasteiger partial charge in [0.25, 0.3) is 0 Å². The predicted octanol–water partition coefficient (Wildman–Crippen LogP) is -0.0914. The van der Waals surface area contributed by atoms with Gasteiger partial charge >= 0.3 is 0 Å². The van der Waals surface area contributed by atoms with Gasteiger partial charge in [-0.15, -0.1) is 0 Å². The minimum atomic E-state index is 0.573. The van der Waals surface area contributed by atoms with Gasteiger partial charge in [0.15, 0.2) is 0 Å². The maximum Gasteiger partial charge on any atom is 0.0750 e. The van der Waals surface area contributed by atoms with Crippen molar-refractivity contribution < 1.29 is 0 Å². The van der Waals surface area contributed by atoms with Crippen molar-refractivity contribution in [3.8, 4) is 0 Å². The van der Waals surface area contributed by atoms with Crippen LogP contribution in [-0.4, -0.2) is 65.1 Å². The smallest absolute Gasteiger partial charge is 0.0750 e. The van der Waals surface area contributed by atoms with E-state index >= 15 is 0 Å². The molecule has 0 fully saturated rings. The number of likely N-dealkylation sites (N-methyl/N-ethyl adjacent to an activating group) is 2. The number of hydrogen-bond donors (Lipinski definition) is 1. The Bertz CT molecular complexity index is 124. The van der Waals surface area contributed by atoms with E-state index in [9.17, 15) is 0 Å². The van der Waals surface area contributed by atoms with Gasteiger partial charge < -0.3 is 5.32 Å². The van der Waals surface area contributed by atoms with Gasteiger partial charge in [0.05, 0.1) is 6.17 Å². The summed E-state index contributed by atoms with van der Waals surface area (Å²) >= 11 is 0. The molecule has 0 aliphatic heterocycles. The zero-order chi connectivity index (χ0) is 11.7. The molecule has 0 aromatic rings. The van der Waals surface area contributed by atoms with E-state index in [-0.39, 0.29) is 0 Å². The molecule has 0 atom stereocenters. The molecule has 15 heavy (non-hydrogen) atoms. The fraction of sp³-hybridized carbons (Fsp3) is 1.00. The van der Waals surface area contributed by atoms with Gasteiger partial charge in [0.1, 0.15) is 0 Å². The van der Waals surface area contributed by atoms with Gasteiger partial charge in [0, 0.05) is 16.8 Å². The quantitative estimate of drug-likeness (QED) is 0.442. The van der Waals surface area contributed by atoms with Crippen molar-refractivity contribution >= 4 is 10.2 Å². The van der Waals surface area contributed by atoms with Crippen LogP contribution in [0.2, 0.25) is 0 Å². The molecule has 0 heterocycles. The number of nitrogens with zero attached hydrogens (tertiary/aromatic N) is 2. The van der Waals surface area contributed by atoms with Gasteiger partial charge in [-0.3, -0.25) is 9.80 Å². The highest BCUT2D eigenvalue weighted by molar-refractivity contribution is 6.08. The van der Waals surface area contributed by atoms with Crippen molar-refractivity contribution in [2.75, 3.05) is 38.9 Å². The lowest BCUT2D eigenvalue weighted by molar-refractivity contribution is 0.0577. The predicted molar refractivity (Wildman–Crippen MR) is 72.4 cm³/mol. The lowest BCUT2D eigenvalue weighted by Crippen LogP contribution is -2.53. The second-order valence-electron chi connectivity index (χ2n) is 3.73. The van der Waals surface area contributed by atoms with E-state index in [4.69, 9.17) is 0 Å². The van der Waals surface area contributed by atoms with Crippen LogP contribution in [0.3, 0.4) is 0 Å². The van der Waals surface area contributed by atoms with Crippen molar-refractivity contribution in [1.29, 1.82) is 0 Å². The Hall–Kier alpha value is 0.0969. The first-order valence-corrected chi connectivity index (χ1v) is 7.85. The van der Waals surface area contributed by atoms with Crippen LogP contribution in [-0.2, 0) is 0 Å². The molecule has 3 nitrogen and oxygen atoms in total. The molecule has 92 valence electrons. The zero-order valence-corrected chi connectivity index (χ0v) is 13.2. The second-order valence-corrected chi connectivity index (χ2v) is 4.44. The Morgan fingerprint density at radius 3 is 1.60 bits per heavy atom. The molecule has 0 aliphatic carbocycles. The highest BCUT2D eigenvalue weighted by atomic mass is 28.1. The van der Waals surface area contributed by atoms with Gasteiger partial charge in [-0.2, -0.15) is 0 Å². The highest BCUT2D eigenvalue weighted by Gasteiger charge is 2.20. The van der Waals surface area contributed by atoms with Gasteiger partial charge in [-0.1, -0.05) is 27.7 Å². The van der Waals surface area contributed by atoms with Crippen LogP contribution in [0.4, 0.5) is 0 Å². The summed E-state index contributed by atoms with van der Waals surface area (Å²) in [4.78, 5) is 5.08. The molecule has 0 rings (SSSR count). The van der Waals surface area contributed by atoms with Gasteiger partial charge in [-0.05, 0) is 32.3 Å². The van der Waals surface area contributed by atoms with E-state index in [1.54, 1.807) is 0 Å². The summed E-state index contributed by atoms with van der Waals surface area (Å²) in [6.45, 7) is 14.7. The topological polar surface area (TPSA) is 18.5 Å². The molecule has 0 aliphatic rings. The molecule has 0 aromatic carbocycles. The maximum atomic E-state index is 3.52. The first-order valence-electron chi connectivity index (χ1n) is 6.43. The molecule has 0 aromatic heterocycles. The normalized spacial score (nSPS) is 12.2. The third-order valence-corrected chi connectivity index (χ3v) is 3.54. The van der Waals surface area contributed by atoms with Crippen LogP contribution in [0.1, 0.15) is 27.7 Å². The average molecular weight is 231 g/mol. The van der Waals surface area contributed by atoms with Crippen molar-refractivity contribution in [1.82, 2.24) is 15.1 Å². The summed E-state index contributed by atoms with van der Waals surface area (Å²) in [5, 5.41) is 3.52. The van der Waals surface area contributed by atoms with Crippen LogP contribution in [0, 0.1) is 0 Å². The van der Waals surface area contributed by atoms with Gasteiger partial charge in [0.2, 0.25) is 0 Å². The van der Waals surface area contributed by atoms with Crippen LogP contribution in [0.25, 0.3) is 0 Å². The Morgan fingerprint density at radius 2 is 1.33 bits per heavy atom. The molecule has 1 N–H and O–H groups in total. The van der Waals surface area contributed by atoms with Gasteiger partial charge in [-0.25, -0.2) is 0 Å². The minimum absolute atomic E-state index is 0.573. The summed E-state index contributed by atoms with van der Waals surface area (Å²) in [5.74, 6) is 0. The summed E-state index contributed by atoms with van der Waals surface area (Å²) in [6, 6.07) is 0. The van der Waals surface area contributed by atoms with E-state index in [2.05, 4.69) is 42.8 Å². The molecule has 4 heteroatoms. The zero-order valence-electron chi connectivity index (χ0n) is 11.2. The van der Waals surface area contributed by atoms with E-state index in [0.717, 1.165) is 32.7 Å². The van der Waals surface area contributed by atoms with Crippen LogP contribution >= 0.6 is 0 Å². The highest BCUT2D eigenvalue weighted by Crippen LogP contribution is 2.05. The maximum absolute atomic E-state index is 3.52. The van der Waals surface area contributed by atoms with Crippen molar-refractivity contribution in [3.05, 3.63) is 0 Å².